The molecule has 2 aliphatic heterocycles. The van der Waals surface area contributed by atoms with Crippen LogP contribution in [0.25, 0.3) is 33.0 Å². The lowest BCUT2D eigenvalue weighted by Crippen LogP contribution is -2.31. The van der Waals surface area contributed by atoms with Gasteiger partial charge in [0.05, 0.1) is 11.4 Å². The number of benzene rings is 5. The van der Waals surface area contributed by atoms with Crippen LogP contribution in [0.4, 0.5) is 11.4 Å². The van der Waals surface area contributed by atoms with Gasteiger partial charge in [-0.3, -0.25) is 10.3 Å². The zero-order valence-corrected chi connectivity index (χ0v) is 17.8. The summed E-state index contributed by atoms with van der Waals surface area (Å²) in [7, 11) is 0. The second kappa shape index (κ2) is 6.75. The molecule has 1 N–H and O–H groups in total. The van der Waals surface area contributed by atoms with Gasteiger partial charge in [0.2, 0.25) is 0 Å². The number of hydrogen-bond acceptors (Lipinski definition) is 2. The molecule has 0 aliphatic carbocycles. The second-order valence-electron chi connectivity index (χ2n) is 8.41. The molecule has 0 saturated heterocycles. The van der Waals surface area contributed by atoms with Crippen molar-refractivity contribution in [3.63, 3.8) is 0 Å². The lowest BCUT2D eigenvalue weighted by atomic mass is 9.88. The smallest absolute Gasteiger partial charge is 0.148 e. The molecule has 2 aliphatic rings. The molecule has 2 heterocycles. The second-order valence-corrected chi connectivity index (χ2v) is 8.41. The van der Waals surface area contributed by atoms with Crippen LogP contribution in [0.2, 0.25) is 0 Å². The Labute approximate surface area is 191 Å². The van der Waals surface area contributed by atoms with Gasteiger partial charge < -0.3 is 0 Å². The highest BCUT2D eigenvalue weighted by Gasteiger charge is 2.38. The summed E-state index contributed by atoms with van der Waals surface area (Å²) >= 11 is 0. The van der Waals surface area contributed by atoms with E-state index in [1.54, 1.807) is 0 Å². The largest absolute Gasteiger partial charge is 0.283 e. The minimum atomic E-state index is 0.475. The standard InChI is InChI=1S/C30H19N3/c31-29-23-18-17-22(19-9-3-1-4-10-19)26(20-11-5-2-6-12-20)28(23)30-32-24-15-7-13-21-14-8-16-25(27(21)24)33(29)30/h1-18,31H. The van der Waals surface area contributed by atoms with Crippen LogP contribution in [-0.4, -0.2) is 11.7 Å². The van der Waals surface area contributed by atoms with Gasteiger partial charge in [0.1, 0.15) is 11.7 Å². The Balaban J connectivity index is 1.59. The maximum absolute atomic E-state index is 9.14. The number of hydrogen-bond donors (Lipinski definition) is 1. The number of aliphatic imine (C=N–C) groups is 1. The Morgan fingerprint density at radius 2 is 1.24 bits per heavy atom. The molecular weight excluding hydrogens is 402 g/mol. The Morgan fingerprint density at radius 1 is 0.576 bits per heavy atom. The van der Waals surface area contributed by atoms with E-state index < -0.39 is 0 Å². The average molecular weight is 422 g/mol. The summed E-state index contributed by atoms with van der Waals surface area (Å²) in [5.74, 6) is 1.31. The van der Waals surface area contributed by atoms with E-state index in [9.17, 15) is 0 Å². The van der Waals surface area contributed by atoms with Crippen LogP contribution in [0.15, 0.2) is 114 Å². The number of nitrogens with zero attached hydrogens (tertiary/aromatic N) is 2. The van der Waals surface area contributed by atoms with Crippen LogP contribution >= 0.6 is 0 Å². The van der Waals surface area contributed by atoms with Gasteiger partial charge in [0, 0.05) is 22.1 Å². The topological polar surface area (TPSA) is 39.5 Å². The summed E-state index contributed by atoms with van der Waals surface area (Å²) in [6.45, 7) is 0. The van der Waals surface area contributed by atoms with Gasteiger partial charge in [-0.1, -0.05) is 91.0 Å². The van der Waals surface area contributed by atoms with Crippen LogP contribution in [-0.2, 0) is 0 Å². The highest BCUT2D eigenvalue weighted by molar-refractivity contribution is 6.42. The van der Waals surface area contributed by atoms with E-state index in [4.69, 9.17) is 10.4 Å². The minimum Gasteiger partial charge on any atom is -0.283 e. The van der Waals surface area contributed by atoms with Gasteiger partial charge in [-0.2, -0.15) is 0 Å². The summed E-state index contributed by atoms with van der Waals surface area (Å²) in [6.07, 6.45) is 0. The van der Waals surface area contributed by atoms with Crippen molar-refractivity contribution in [1.82, 2.24) is 0 Å². The van der Waals surface area contributed by atoms with Crippen LogP contribution in [0, 0.1) is 5.41 Å². The number of fused-ring (bicyclic) bond motifs is 4. The van der Waals surface area contributed by atoms with Gasteiger partial charge in [0.25, 0.3) is 0 Å². The molecule has 0 saturated carbocycles. The van der Waals surface area contributed by atoms with Gasteiger partial charge in [0.15, 0.2) is 0 Å². The molecule has 3 nitrogen and oxygen atoms in total. The van der Waals surface area contributed by atoms with E-state index in [0.717, 1.165) is 61.4 Å². The highest BCUT2D eigenvalue weighted by atomic mass is 15.3. The molecule has 0 aromatic heterocycles. The van der Waals surface area contributed by atoms with E-state index in [0.29, 0.717) is 5.84 Å². The number of rotatable bonds is 2. The molecule has 7 rings (SSSR count). The van der Waals surface area contributed by atoms with Crippen LogP contribution in [0.5, 0.6) is 0 Å². The Morgan fingerprint density at radius 3 is 2.00 bits per heavy atom. The van der Waals surface area contributed by atoms with Crippen LogP contribution in [0.3, 0.4) is 0 Å². The first-order chi connectivity index (χ1) is 16.3. The third-order valence-corrected chi connectivity index (χ3v) is 6.59. The van der Waals surface area contributed by atoms with E-state index >= 15 is 0 Å². The first kappa shape index (κ1) is 18.1. The SMILES string of the molecule is N=C1c2ccc(-c3ccccc3)c(-c3ccccc3)c2C2=Nc3cccc4cccc(c34)N12. The van der Waals surface area contributed by atoms with E-state index in [-0.39, 0.29) is 0 Å². The predicted molar refractivity (Wildman–Crippen MR) is 137 cm³/mol. The molecule has 0 radical (unpaired) electrons. The van der Waals surface area contributed by atoms with E-state index in [2.05, 4.69) is 97.1 Å². The van der Waals surface area contributed by atoms with Crippen molar-refractivity contribution in [3.05, 3.63) is 120 Å². The lowest BCUT2D eigenvalue weighted by molar-refractivity contribution is 1.35. The zero-order valence-electron chi connectivity index (χ0n) is 17.8. The van der Waals surface area contributed by atoms with Crippen LogP contribution in [0.1, 0.15) is 11.1 Å². The monoisotopic (exact) mass is 421 g/mol. The molecule has 0 atom stereocenters. The van der Waals surface area contributed by atoms with Crippen molar-refractivity contribution in [3.8, 4) is 22.3 Å². The molecule has 3 heteroatoms. The lowest BCUT2D eigenvalue weighted by Gasteiger charge is -2.26. The van der Waals surface area contributed by atoms with Crippen molar-refractivity contribution < 1.29 is 0 Å². The van der Waals surface area contributed by atoms with Gasteiger partial charge in [-0.05, 0) is 40.3 Å². The Hall–Kier alpha value is -4.50. The molecule has 0 amide bonds. The predicted octanol–water partition coefficient (Wildman–Crippen LogP) is 7.41. The summed E-state index contributed by atoms with van der Waals surface area (Å²) in [5, 5.41) is 11.4. The molecule has 5 aromatic rings. The Kier molecular flexibility index (Phi) is 3.70. The molecule has 154 valence electrons. The molecular formula is C30H19N3. The summed E-state index contributed by atoms with van der Waals surface area (Å²) < 4.78 is 0. The maximum atomic E-state index is 9.14. The quantitative estimate of drug-likeness (QED) is 0.317. The van der Waals surface area contributed by atoms with Gasteiger partial charge in [-0.25, -0.2) is 4.99 Å². The number of amidine groups is 2. The normalized spacial score (nSPS) is 13.6. The molecule has 5 aromatic carbocycles. The fourth-order valence-corrected chi connectivity index (χ4v) is 5.17. The molecule has 33 heavy (non-hydrogen) atoms. The molecule has 0 spiro atoms. The van der Waals surface area contributed by atoms with Crippen molar-refractivity contribution in [2.75, 3.05) is 4.90 Å². The van der Waals surface area contributed by atoms with Gasteiger partial charge in [-0.15, -0.1) is 0 Å². The van der Waals surface area contributed by atoms with Gasteiger partial charge >= 0.3 is 0 Å². The number of anilines is 1. The highest BCUT2D eigenvalue weighted by Crippen LogP contribution is 2.47. The van der Waals surface area contributed by atoms with Crippen molar-refractivity contribution in [2.24, 2.45) is 4.99 Å². The van der Waals surface area contributed by atoms with Crippen molar-refractivity contribution in [1.29, 1.82) is 5.41 Å². The summed E-state index contributed by atoms with van der Waals surface area (Å²) in [4.78, 5) is 7.16. The maximum Gasteiger partial charge on any atom is 0.148 e. The molecule has 0 fully saturated rings. The van der Waals surface area contributed by atoms with E-state index in [1.807, 2.05) is 17.0 Å². The number of nitrogens with one attached hydrogen (secondary N) is 1. The first-order valence-electron chi connectivity index (χ1n) is 11.1. The van der Waals surface area contributed by atoms with Crippen LogP contribution < -0.4 is 4.90 Å². The first-order valence-corrected chi connectivity index (χ1v) is 11.1. The molecule has 0 unspecified atom stereocenters. The summed E-state index contributed by atoms with van der Waals surface area (Å²) in [5.41, 5.74) is 8.47. The third kappa shape index (κ3) is 2.50. The zero-order chi connectivity index (χ0) is 21.9. The third-order valence-electron chi connectivity index (χ3n) is 6.59. The van der Waals surface area contributed by atoms with Crippen molar-refractivity contribution >= 4 is 33.8 Å². The molecule has 0 bridgehead atoms. The van der Waals surface area contributed by atoms with E-state index in [1.165, 1.54) is 0 Å². The van der Waals surface area contributed by atoms with Crippen molar-refractivity contribution in [2.45, 2.75) is 0 Å². The minimum absolute atomic E-state index is 0.475. The Bertz CT molecular complexity index is 1610. The summed E-state index contributed by atoms with van der Waals surface area (Å²) in [6, 6.07) is 37.7. The fourth-order valence-electron chi connectivity index (χ4n) is 5.17. The fraction of sp³-hybridized carbons (Fsp3) is 0. The average Bonchev–Trinajstić information content (AvgIpc) is 3.17.